The second kappa shape index (κ2) is 31.6. The normalized spacial score (nSPS) is 21.8. The van der Waals surface area contributed by atoms with Gasteiger partial charge in [0.25, 0.3) is 0 Å². The topological polar surface area (TPSA) is 185 Å². The van der Waals surface area contributed by atoms with Crippen LogP contribution >= 0.6 is 0 Å². The van der Waals surface area contributed by atoms with E-state index in [4.69, 9.17) is 23.7 Å². The van der Waals surface area contributed by atoms with Crippen LogP contribution in [0.15, 0.2) is 72.8 Å². The molecule has 0 unspecified atom stereocenters. The molecule has 5 rings (SSSR count). The zero-order chi connectivity index (χ0) is 48.6. The molecule has 3 aliphatic rings. The van der Waals surface area contributed by atoms with Crippen molar-refractivity contribution in [3.8, 4) is 0 Å². The van der Waals surface area contributed by atoms with Gasteiger partial charge in [-0.15, -0.1) is 0 Å². The number of carbonyl (C=O) groups excluding carboxylic acids is 5. The van der Waals surface area contributed by atoms with Gasteiger partial charge in [0.1, 0.15) is 12.1 Å². The van der Waals surface area contributed by atoms with E-state index in [0.29, 0.717) is 26.1 Å². The average Bonchev–Trinajstić information content (AvgIpc) is 3.31. The molecular weight excluding hydrogens is 892 g/mol. The predicted molar refractivity (Wildman–Crippen MR) is 256 cm³/mol. The number of nitrogens with one attached hydrogen (secondary N) is 2. The molecule has 0 bridgehead atoms. The van der Waals surface area contributed by atoms with Gasteiger partial charge in [0, 0.05) is 51.3 Å². The third-order valence-electron chi connectivity index (χ3n) is 12.7. The molecule has 2 aromatic rings. The Balaban J connectivity index is 0.0000104. The van der Waals surface area contributed by atoms with E-state index in [1.165, 1.54) is 17.2 Å². The molecule has 376 valence electrons. The molecule has 69 heavy (non-hydrogen) atoms. The van der Waals surface area contributed by atoms with Crippen molar-refractivity contribution in [2.75, 3.05) is 52.6 Å². The fourth-order valence-corrected chi connectivity index (χ4v) is 9.08. The number of carboxylic acids is 1. The Kier molecular flexibility index (Phi) is 26.5. The minimum absolute atomic E-state index is 0. The van der Waals surface area contributed by atoms with Crippen LogP contribution in [0.1, 0.15) is 122 Å². The largest absolute Gasteiger partial charge is 1.00 e. The number of ether oxygens (including phenoxy) is 5. The zero-order valence-electron chi connectivity index (χ0n) is 41.7. The van der Waals surface area contributed by atoms with E-state index in [1.54, 1.807) is 6.08 Å². The second-order valence-electron chi connectivity index (χ2n) is 19.5. The summed E-state index contributed by atoms with van der Waals surface area (Å²) in [6, 6.07) is 21.0. The molecule has 2 N–H and O–H groups in total. The van der Waals surface area contributed by atoms with E-state index in [-0.39, 0.29) is 97.6 Å². The van der Waals surface area contributed by atoms with Gasteiger partial charge in [-0.25, -0.2) is 0 Å². The van der Waals surface area contributed by atoms with Gasteiger partial charge in [0.15, 0.2) is 0 Å². The summed E-state index contributed by atoms with van der Waals surface area (Å²) in [7, 11) is 0. The van der Waals surface area contributed by atoms with E-state index in [9.17, 15) is 29.1 Å². The quantitative estimate of drug-likeness (QED) is 0.0578. The molecule has 3 fully saturated rings. The van der Waals surface area contributed by atoms with Gasteiger partial charge in [-0.2, -0.15) is 0 Å². The second-order valence-corrected chi connectivity index (χ2v) is 19.5. The van der Waals surface area contributed by atoms with Crippen molar-refractivity contribution in [3.05, 3.63) is 83.9 Å². The molecule has 0 saturated heterocycles. The first-order valence-electron chi connectivity index (χ1n) is 25.0. The average molecular weight is 969 g/mol. The molecule has 3 saturated carbocycles. The Morgan fingerprint density at radius 2 is 1.19 bits per heavy atom. The first kappa shape index (κ1) is 57.9. The van der Waals surface area contributed by atoms with E-state index < -0.39 is 36.5 Å². The van der Waals surface area contributed by atoms with Crippen LogP contribution in [0.25, 0.3) is 0 Å². The number of amides is 3. The molecule has 3 aliphatic carbocycles. The summed E-state index contributed by atoms with van der Waals surface area (Å²) in [5.74, 6) is -2.81. The summed E-state index contributed by atoms with van der Waals surface area (Å²) < 4.78 is 29.9. The molecule has 0 heterocycles. The van der Waals surface area contributed by atoms with Gasteiger partial charge in [-0.1, -0.05) is 66.7 Å². The minimum atomic E-state index is -1.46. The first-order valence-corrected chi connectivity index (χ1v) is 25.0. The Morgan fingerprint density at radius 1 is 0.667 bits per heavy atom. The van der Waals surface area contributed by atoms with Gasteiger partial charge in [-0.05, 0) is 115 Å². The number of esters is 1. The number of nitrogens with zero attached hydrogens (tertiary/aromatic N) is 2. The summed E-state index contributed by atoms with van der Waals surface area (Å²) in [6.45, 7) is 8.82. The van der Waals surface area contributed by atoms with Crippen LogP contribution in [-0.4, -0.2) is 128 Å². The summed E-state index contributed by atoms with van der Waals surface area (Å²) >= 11 is 0. The fourth-order valence-electron chi connectivity index (χ4n) is 9.08. The molecule has 0 radical (unpaired) electrons. The van der Waals surface area contributed by atoms with E-state index in [0.717, 1.165) is 102 Å². The number of aliphatic carboxylic acids is 1. The van der Waals surface area contributed by atoms with Gasteiger partial charge in [0.2, 0.25) is 17.7 Å². The fraction of sp³-hybridized carbons (Fsp3) is 0.642. The van der Waals surface area contributed by atoms with Crippen molar-refractivity contribution >= 4 is 29.7 Å². The zero-order valence-corrected chi connectivity index (χ0v) is 43.7. The molecule has 2 aromatic carbocycles. The van der Waals surface area contributed by atoms with Crippen molar-refractivity contribution in [3.63, 3.8) is 0 Å². The van der Waals surface area contributed by atoms with Crippen molar-refractivity contribution in [2.24, 2.45) is 5.92 Å². The number of carboxylic acid groups (broad SMARTS) is 1. The van der Waals surface area contributed by atoms with Crippen molar-refractivity contribution in [1.82, 2.24) is 20.4 Å². The van der Waals surface area contributed by atoms with Gasteiger partial charge in [0.05, 0.1) is 62.7 Å². The van der Waals surface area contributed by atoms with Crippen LogP contribution in [-0.2, 0) is 60.7 Å². The number of carbonyl (C=O) groups is 5. The van der Waals surface area contributed by atoms with Gasteiger partial charge in [-0.3, -0.25) is 24.1 Å². The minimum Gasteiger partial charge on any atom is -0.548 e. The van der Waals surface area contributed by atoms with Gasteiger partial charge < -0.3 is 49.1 Å². The number of hydrogen-bond acceptors (Lipinski definition) is 12. The summed E-state index contributed by atoms with van der Waals surface area (Å²) in [6.07, 6.45) is 13.9. The van der Waals surface area contributed by atoms with E-state index in [2.05, 4.69) is 64.1 Å². The SMILES string of the molecule is CC(C)(C)OC(=O)C1CCC(NC(=O)CCCOC2CCC(OCCNC(=O)CN(CC(=O)[O-])C(=O)/C=C/COC3CCC(OCCN(Cc4ccccc4)Cc4ccccc4)CC3)CC2)CC1.[Na+]. The molecule has 0 spiro atoms. The molecule has 16 heteroatoms. The molecule has 0 aliphatic heterocycles. The maximum atomic E-state index is 12.9. The Bertz CT molecular complexity index is 1800. The van der Waals surface area contributed by atoms with E-state index in [1.807, 2.05) is 32.9 Å². The first-order chi connectivity index (χ1) is 32.8. The van der Waals surface area contributed by atoms with Gasteiger partial charge >= 0.3 is 35.5 Å². The molecule has 0 atom stereocenters. The number of rotatable bonds is 27. The summed E-state index contributed by atoms with van der Waals surface area (Å²) in [5, 5.41) is 17.3. The number of benzene rings is 2. The van der Waals surface area contributed by atoms with Crippen LogP contribution < -0.4 is 45.3 Å². The third-order valence-corrected chi connectivity index (χ3v) is 12.7. The number of hydrogen-bond donors (Lipinski definition) is 2. The Hall–Kier alpha value is -3.67. The van der Waals surface area contributed by atoms with Crippen LogP contribution in [0.2, 0.25) is 0 Å². The van der Waals surface area contributed by atoms with Crippen LogP contribution in [0.3, 0.4) is 0 Å². The van der Waals surface area contributed by atoms with Crippen LogP contribution in [0.5, 0.6) is 0 Å². The Morgan fingerprint density at radius 3 is 1.72 bits per heavy atom. The summed E-state index contributed by atoms with van der Waals surface area (Å²) in [5.41, 5.74) is 2.05. The molecule has 0 aromatic heterocycles. The summed E-state index contributed by atoms with van der Waals surface area (Å²) in [4.78, 5) is 65.3. The van der Waals surface area contributed by atoms with Crippen molar-refractivity contribution in [2.45, 2.75) is 160 Å². The maximum Gasteiger partial charge on any atom is 1.00 e. The van der Waals surface area contributed by atoms with Crippen LogP contribution in [0.4, 0.5) is 0 Å². The van der Waals surface area contributed by atoms with Crippen molar-refractivity contribution < 1.29 is 82.3 Å². The Labute approximate surface area is 432 Å². The third kappa shape index (κ3) is 23.9. The van der Waals surface area contributed by atoms with Crippen LogP contribution in [0, 0.1) is 5.92 Å². The monoisotopic (exact) mass is 969 g/mol. The van der Waals surface area contributed by atoms with E-state index >= 15 is 0 Å². The predicted octanol–water partition coefficient (Wildman–Crippen LogP) is 2.43. The van der Waals surface area contributed by atoms with Crippen molar-refractivity contribution in [1.29, 1.82) is 0 Å². The molecule has 15 nitrogen and oxygen atoms in total. The standard InChI is InChI=1S/C53H78N4O11.Na/c1-53(2,3)68-52(63)42-18-20-43(21-19-42)55-48(58)16-10-32-64-44-22-26-46(27-23-44)66-34-30-54-49(59)38-57(39-51(61)62)50(60)17-11-33-65-45-24-28-47(29-25-45)67-35-31-56(36-40-12-6-4-7-13-40)37-41-14-8-5-9-15-41;/h4-9,11-15,17,42-47H,10,16,18-39H2,1-3H3,(H,54,59)(H,55,58)(H,61,62);/q;+1/p-1/b17-11+;. The molecule has 3 amide bonds. The maximum absolute atomic E-state index is 12.9. The molecular formula is C53H77N4NaO11. The smallest absolute Gasteiger partial charge is 0.548 e.